The predicted molar refractivity (Wildman–Crippen MR) is 471 cm³/mol. The smallest absolute Gasteiger partial charge is 0.246 e. The molecule has 0 radical (unpaired) electrons. The van der Waals surface area contributed by atoms with Gasteiger partial charge >= 0.3 is 0 Å². The second-order valence-corrected chi connectivity index (χ2v) is 31.3. The van der Waals surface area contributed by atoms with Gasteiger partial charge in [0.2, 0.25) is 88.6 Å². The minimum Gasteiger partial charge on any atom is -0.391 e. The lowest BCUT2D eigenvalue weighted by Gasteiger charge is -2.34. The molecule has 44 N–H and O–H groups in total. The van der Waals surface area contributed by atoms with Gasteiger partial charge in [-0.1, -0.05) is 18.2 Å². The zero-order valence-electron chi connectivity index (χ0n) is 72.3. The maximum absolute atomic E-state index is 15.4. The number of nitrogens with one attached hydrogen (secondary N) is 27. The van der Waals surface area contributed by atoms with Gasteiger partial charge in [-0.05, 0) is 141 Å². The summed E-state index contributed by atoms with van der Waals surface area (Å²) in [5, 5.41) is 114. The molecule has 3 aliphatic heterocycles. The number of fused-ring (bicyclic) bond motifs is 3. The van der Waals surface area contributed by atoms with Crippen molar-refractivity contribution in [2.24, 2.45) is 45.9 Å². The fraction of sp³-hybridized carbons (Fsp3) is 0.605. The lowest BCUT2D eigenvalue weighted by Crippen LogP contribution is -2.61. The van der Waals surface area contributed by atoms with Gasteiger partial charge < -0.3 is 167 Å². The minimum atomic E-state index is -1.94. The van der Waals surface area contributed by atoms with Crippen molar-refractivity contribution < 1.29 is 77.0 Å². The van der Waals surface area contributed by atoms with E-state index in [-0.39, 0.29) is 181 Å². The Balaban J connectivity index is 1.68. The second-order valence-electron chi connectivity index (χ2n) is 31.3. The summed E-state index contributed by atoms with van der Waals surface area (Å²) >= 11 is 0. The monoisotopic (exact) mass is 1820 g/mol. The number of aliphatic hydroxyl groups is 1. The summed E-state index contributed by atoms with van der Waals surface area (Å²) in [5.41, 5.74) is 45.8. The maximum atomic E-state index is 15.4. The first-order valence-electron chi connectivity index (χ1n) is 42.4. The summed E-state index contributed by atoms with van der Waals surface area (Å²) in [6.45, 7) is 0.889. The summed E-state index contributed by atoms with van der Waals surface area (Å²) in [7, 11) is 0. The molecule has 0 bridgehead atoms. The Hall–Kier alpha value is -14.3. The van der Waals surface area contributed by atoms with Crippen molar-refractivity contribution in [3.05, 3.63) is 36.0 Å². The molecule has 3 saturated heterocycles. The quantitative estimate of drug-likeness (QED) is 0.0179. The van der Waals surface area contributed by atoms with Gasteiger partial charge in [-0.25, -0.2) is 0 Å². The summed E-state index contributed by atoms with van der Waals surface area (Å²) in [4.78, 5) is 225. The fourth-order valence-electron chi connectivity index (χ4n) is 14.5. The van der Waals surface area contributed by atoms with Crippen LogP contribution < -0.4 is 147 Å². The number of nitrogens with zero attached hydrogens (tertiary/aromatic N) is 2. The van der Waals surface area contributed by atoms with Gasteiger partial charge in [0.25, 0.3) is 0 Å². The number of benzene rings is 1. The van der Waals surface area contributed by atoms with Gasteiger partial charge in [0.05, 0.1) is 19.1 Å². The van der Waals surface area contributed by atoms with Crippen LogP contribution in [0.2, 0.25) is 0 Å². The Labute approximate surface area is 743 Å². The first kappa shape index (κ1) is 105. The first-order chi connectivity index (χ1) is 61.1. The molecule has 0 saturated carbocycles. The summed E-state index contributed by atoms with van der Waals surface area (Å²) in [6.07, 6.45) is -2.69. The lowest BCUT2D eigenvalue weighted by atomic mass is 10.0. The molecule has 0 spiro atoms. The van der Waals surface area contributed by atoms with Gasteiger partial charge in [0.15, 0.2) is 41.7 Å². The standard InChI is InChI=1S/C76H129N37O16/c1-38-57(117)111-56(39(2)114)67(127)107-43(16-5-25-92-70(78)79)58(118)100-37-55(116)102-44(17-6-26-93-71(80)81)60(120)109-51(35-54(77)115)65(125)106-48(21-10-30-97-75(88)89)63(123)108-49(22-11-31-98-76(90)91)68(128)113-33-13-24-53(113)69(129)112-32-12-23-52(112)66(126)110-50(34-40-36-99-42-15-4-3-14-41(40)42)64(124)105-47(20-9-29-96-74(86)87)62(122)104-46(19-8-28-95-73(84)85)61(121)103-45(59(119)101-38)18-7-27-94-72(82)83/h3-4,14-15,36,38-39,43-53,56,99,114H,5-13,16-35,37H2,1-2H3,(H2,77,115)(H,100,118)(H,101,119)(H,102,116)(H,103,121)(H,104,122)(H,105,124)(H,106,125)(H,107,127)(H,108,123)(H,109,120)(H,110,126)(H,111,117)(H4,78,79,92)(H4,80,81,93)(H4,82,83,94)(H4,84,85,95)(H4,86,87,96)(H4,88,89,97)(H4,90,91,98)/t38-,39+,43+,44-,45-,46-,47-,48-,49-,50-,51-,52+,53-,56-/m0/s1. The van der Waals surface area contributed by atoms with Crippen molar-refractivity contribution in [3.8, 4) is 0 Å². The van der Waals surface area contributed by atoms with Crippen LogP contribution in [0.25, 0.3) is 10.9 Å². The Morgan fingerprint density at radius 2 is 0.736 bits per heavy atom. The van der Waals surface area contributed by atoms with E-state index in [1.54, 1.807) is 30.5 Å². The first-order valence-corrected chi connectivity index (χ1v) is 42.4. The normalized spacial score (nSPS) is 23.6. The number of hydrogen-bond donors (Lipinski definition) is 36. The number of hydrogen-bond acceptors (Lipinski definition) is 23. The molecular formula is C76H129N37O16. The highest BCUT2D eigenvalue weighted by molar-refractivity contribution is 6.02. The summed E-state index contributed by atoms with van der Waals surface area (Å²) < 4.78 is 0. The molecule has 3 fully saturated rings. The average molecular weight is 1820 g/mol. The van der Waals surface area contributed by atoms with E-state index in [0.29, 0.717) is 16.5 Å². The number of primary amides is 1. The third-order valence-corrected chi connectivity index (χ3v) is 21.0. The molecular weight excluding hydrogens is 1690 g/mol. The molecule has 5 rings (SSSR count). The van der Waals surface area contributed by atoms with E-state index in [1.807, 2.05) is 0 Å². The van der Waals surface area contributed by atoms with Crippen molar-refractivity contribution in [2.75, 3.05) is 65.4 Å². The second kappa shape index (κ2) is 53.9. The molecule has 15 amide bonds. The van der Waals surface area contributed by atoms with Crippen LogP contribution in [0.4, 0.5) is 0 Å². The summed E-state index contributed by atoms with van der Waals surface area (Å²) in [5.74, 6) is -18.6. The topological polar surface area (TPSA) is 902 Å². The van der Waals surface area contributed by atoms with Crippen LogP contribution in [0.5, 0.6) is 0 Å². The SMILES string of the molecule is C[C@@H]1NC(=O)[C@H](CCCNC(=N)N)NC(=O)[C@H](CCCNC(=N)N)NC(=O)[C@H](CCCNC(=N)N)NC(=O)[C@H](Cc2c[nH]c3ccccc23)NC(=O)[C@H]2CCCN2C(=O)[C@@H]2CCCN2C(=O)[C@H](CCCNC(=N)N)NC(=O)[C@H](CCCNC(=N)N)NC(=O)[C@H](CC(N)=O)NC(=O)[C@H](CCCNC(=N)N)NC(=O)CNC(=O)[C@@H](CCCNC(=N)N)NC(=O)[C@H]([C@@H](C)O)NC1=O. The number of carbonyl (C=O) groups is 15. The van der Waals surface area contributed by atoms with E-state index >= 15 is 24.0 Å². The zero-order valence-corrected chi connectivity index (χ0v) is 72.3. The van der Waals surface area contributed by atoms with E-state index < -0.39 is 228 Å². The lowest BCUT2D eigenvalue weighted by molar-refractivity contribution is -0.148. The molecule has 129 heavy (non-hydrogen) atoms. The number of H-pyrrole nitrogens is 1. The minimum absolute atomic E-state index is 0.000773. The van der Waals surface area contributed by atoms with E-state index in [0.717, 1.165) is 6.92 Å². The molecule has 1 aromatic heterocycles. The number of amides is 15. The molecule has 1 aromatic carbocycles. The van der Waals surface area contributed by atoms with Crippen LogP contribution in [-0.4, -0.2) is 300 Å². The molecule has 4 heterocycles. The highest BCUT2D eigenvalue weighted by Crippen LogP contribution is 2.28. The van der Waals surface area contributed by atoms with E-state index in [4.69, 9.17) is 83.7 Å². The number of nitrogens with two attached hydrogens (primary N) is 8. The third-order valence-electron chi connectivity index (χ3n) is 21.0. The predicted octanol–water partition coefficient (Wildman–Crippen LogP) is -11.7. The van der Waals surface area contributed by atoms with Crippen LogP contribution in [0, 0.1) is 37.9 Å². The van der Waals surface area contributed by atoms with Crippen molar-refractivity contribution >= 4 is 141 Å². The largest absolute Gasteiger partial charge is 0.391 e. The highest BCUT2D eigenvalue weighted by Gasteiger charge is 2.46. The number of rotatable bonds is 33. The molecule has 53 nitrogen and oxygen atoms in total. The van der Waals surface area contributed by atoms with Crippen LogP contribution in [0.15, 0.2) is 30.5 Å². The number of carbonyl (C=O) groups excluding carboxylic acids is 15. The molecule has 14 atom stereocenters. The van der Waals surface area contributed by atoms with Crippen molar-refractivity contribution in [3.63, 3.8) is 0 Å². The van der Waals surface area contributed by atoms with Gasteiger partial charge in [0.1, 0.15) is 78.5 Å². The number of aromatic amines is 1. The molecule has 714 valence electrons. The van der Waals surface area contributed by atoms with E-state index in [2.05, 4.69) is 106 Å². The number of para-hydroxylation sites is 1. The number of aromatic nitrogens is 1. The van der Waals surface area contributed by atoms with Crippen molar-refractivity contribution in [2.45, 2.75) is 227 Å². The molecule has 2 aromatic rings. The number of aliphatic hydroxyl groups excluding tert-OH is 1. The Bertz CT molecular complexity index is 4320. The highest BCUT2D eigenvalue weighted by atomic mass is 16.3. The Morgan fingerprint density at radius 1 is 0.403 bits per heavy atom. The van der Waals surface area contributed by atoms with Gasteiger partial charge in [0, 0.05) is 82.4 Å². The molecule has 0 unspecified atom stereocenters. The van der Waals surface area contributed by atoms with E-state index in [9.17, 15) is 53.1 Å². The van der Waals surface area contributed by atoms with Gasteiger partial charge in [-0.15, -0.1) is 0 Å². The Kier molecular flexibility index (Phi) is 43.9. The fourth-order valence-corrected chi connectivity index (χ4v) is 14.5. The number of guanidine groups is 7. The van der Waals surface area contributed by atoms with Crippen LogP contribution in [0.3, 0.4) is 0 Å². The maximum Gasteiger partial charge on any atom is 0.246 e. The third kappa shape index (κ3) is 37.0. The average Bonchev–Trinajstić information content (AvgIpc) is 1.66. The van der Waals surface area contributed by atoms with E-state index in [1.165, 1.54) is 16.7 Å². The van der Waals surface area contributed by atoms with Crippen LogP contribution in [0.1, 0.15) is 141 Å². The van der Waals surface area contributed by atoms with Gasteiger partial charge in [-0.3, -0.25) is 110 Å². The molecule has 53 heteroatoms. The van der Waals surface area contributed by atoms with Crippen LogP contribution >= 0.6 is 0 Å². The Morgan fingerprint density at radius 3 is 1.15 bits per heavy atom. The van der Waals surface area contributed by atoms with Gasteiger partial charge in [-0.2, -0.15) is 0 Å². The molecule has 0 aliphatic carbocycles. The molecule has 3 aliphatic rings. The zero-order chi connectivity index (χ0) is 95.6. The summed E-state index contributed by atoms with van der Waals surface area (Å²) in [6, 6.07) is -13.9. The van der Waals surface area contributed by atoms with Crippen molar-refractivity contribution in [1.29, 1.82) is 37.9 Å². The van der Waals surface area contributed by atoms with Crippen molar-refractivity contribution in [1.82, 2.24) is 116 Å². The van der Waals surface area contributed by atoms with Crippen LogP contribution in [-0.2, 0) is 78.3 Å².